The molecule has 6 heteroatoms. The highest BCUT2D eigenvalue weighted by molar-refractivity contribution is 9.10. The summed E-state index contributed by atoms with van der Waals surface area (Å²) in [6, 6.07) is 2.27. The van der Waals surface area contributed by atoms with Gasteiger partial charge in [0.1, 0.15) is 11.6 Å². The molecule has 1 aromatic carbocycles. The second-order valence-electron chi connectivity index (χ2n) is 4.22. The van der Waals surface area contributed by atoms with Crippen LogP contribution >= 0.6 is 15.9 Å². The number of imidazole rings is 1. The largest absolute Gasteiger partial charge is 0.355 e. The first-order valence-electron chi connectivity index (χ1n) is 5.97. The Morgan fingerprint density at radius 2 is 2.05 bits per heavy atom. The van der Waals surface area contributed by atoms with Crippen molar-refractivity contribution in [1.82, 2.24) is 9.55 Å². The van der Waals surface area contributed by atoms with Crippen molar-refractivity contribution in [3.05, 3.63) is 40.1 Å². The third-order valence-electron chi connectivity index (χ3n) is 2.61. The molecule has 0 amide bonds. The summed E-state index contributed by atoms with van der Waals surface area (Å²) in [4.78, 5) is 4.29. The number of anilines is 1. The molecular weight excluding hydrogens is 316 g/mol. The standard InChI is InChI=1S/C13H14BrF2N3/c1-3-4-17-13-18-8(2)7-19(13)12-5-9(14)10(15)6-11(12)16/h5-7H,3-4H2,1-2H3,(H,17,18). The van der Waals surface area contributed by atoms with Gasteiger partial charge in [0.05, 0.1) is 15.9 Å². The Kier molecular flexibility index (Phi) is 4.19. The van der Waals surface area contributed by atoms with E-state index in [0.717, 1.165) is 24.7 Å². The Morgan fingerprint density at radius 1 is 1.32 bits per heavy atom. The molecule has 0 saturated carbocycles. The van der Waals surface area contributed by atoms with Crippen LogP contribution in [0.5, 0.6) is 0 Å². The maximum atomic E-state index is 13.9. The number of halogens is 3. The van der Waals surface area contributed by atoms with Crippen LogP contribution < -0.4 is 5.32 Å². The fraction of sp³-hybridized carbons (Fsp3) is 0.308. The average molecular weight is 330 g/mol. The van der Waals surface area contributed by atoms with E-state index in [-0.39, 0.29) is 10.2 Å². The number of benzene rings is 1. The maximum Gasteiger partial charge on any atom is 0.207 e. The molecule has 102 valence electrons. The van der Waals surface area contributed by atoms with E-state index in [4.69, 9.17) is 0 Å². The molecule has 0 spiro atoms. The van der Waals surface area contributed by atoms with Crippen LogP contribution in [0.4, 0.5) is 14.7 Å². The summed E-state index contributed by atoms with van der Waals surface area (Å²) >= 11 is 3.07. The first kappa shape index (κ1) is 14.0. The number of nitrogens with zero attached hydrogens (tertiary/aromatic N) is 2. The van der Waals surface area contributed by atoms with Crippen LogP contribution in [0.3, 0.4) is 0 Å². The lowest BCUT2D eigenvalue weighted by Gasteiger charge is -2.10. The van der Waals surface area contributed by atoms with E-state index >= 15 is 0 Å². The molecule has 1 aromatic heterocycles. The summed E-state index contributed by atoms with van der Waals surface area (Å²) in [5.41, 5.74) is 1.02. The highest BCUT2D eigenvalue weighted by atomic mass is 79.9. The van der Waals surface area contributed by atoms with Crippen molar-refractivity contribution in [2.24, 2.45) is 0 Å². The van der Waals surface area contributed by atoms with Gasteiger partial charge < -0.3 is 5.32 Å². The monoisotopic (exact) mass is 329 g/mol. The smallest absolute Gasteiger partial charge is 0.207 e. The lowest BCUT2D eigenvalue weighted by molar-refractivity contribution is 0.574. The first-order chi connectivity index (χ1) is 9.02. The normalized spacial score (nSPS) is 10.8. The van der Waals surface area contributed by atoms with Crippen molar-refractivity contribution < 1.29 is 8.78 Å². The van der Waals surface area contributed by atoms with Crippen LogP contribution in [0, 0.1) is 18.6 Å². The minimum Gasteiger partial charge on any atom is -0.355 e. The Balaban J connectivity index is 2.49. The van der Waals surface area contributed by atoms with Gasteiger partial charge >= 0.3 is 0 Å². The van der Waals surface area contributed by atoms with Gasteiger partial charge in [0.25, 0.3) is 0 Å². The van der Waals surface area contributed by atoms with Gasteiger partial charge in [-0.15, -0.1) is 0 Å². The Hall–Kier alpha value is -1.43. The van der Waals surface area contributed by atoms with E-state index in [1.54, 1.807) is 10.8 Å². The molecule has 0 radical (unpaired) electrons. The zero-order chi connectivity index (χ0) is 14.0. The fourth-order valence-electron chi connectivity index (χ4n) is 1.74. The van der Waals surface area contributed by atoms with E-state index in [9.17, 15) is 8.78 Å². The number of hydrogen-bond donors (Lipinski definition) is 1. The second-order valence-corrected chi connectivity index (χ2v) is 5.07. The van der Waals surface area contributed by atoms with Crippen LogP contribution in [0.2, 0.25) is 0 Å². The summed E-state index contributed by atoms with van der Waals surface area (Å²) in [7, 11) is 0. The molecule has 19 heavy (non-hydrogen) atoms. The van der Waals surface area contributed by atoms with E-state index in [1.165, 1.54) is 6.07 Å². The summed E-state index contributed by atoms with van der Waals surface area (Å²) in [5.74, 6) is -0.699. The molecule has 0 unspecified atom stereocenters. The molecule has 2 rings (SSSR count). The van der Waals surface area contributed by atoms with Crippen LogP contribution in [-0.4, -0.2) is 16.1 Å². The summed E-state index contributed by atoms with van der Waals surface area (Å²) < 4.78 is 29.0. The third-order valence-corrected chi connectivity index (χ3v) is 3.22. The molecule has 0 aliphatic carbocycles. The van der Waals surface area contributed by atoms with Crippen LogP contribution in [0.1, 0.15) is 19.0 Å². The van der Waals surface area contributed by atoms with Crippen LogP contribution in [-0.2, 0) is 0 Å². The van der Waals surface area contributed by atoms with Crippen molar-refractivity contribution in [2.75, 3.05) is 11.9 Å². The number of rotatable bonds is 4. The van der Waals surface area contributed by atoms with Gasteiger partial charge in [0.15, 0.2) is 0 Å². The molecule has 3 nitrogen and oxygen atoms in total. The van der Waals surface area contributed by atoms with E-state index in [1.807, 2.05) is 13.8 Å². The zero-order valence-electron chi connectivity index (χ0n) is 10.7. The van der Waals surface area contributed by atoms with Crippen LogP contribution in [0.15, 0.2) is 22.8 Å². The second kappa shape index (κ2) is 5.69. The maximum absolute atomic E-state index is 13.9. The van der Waals surface area contributed by atoms with E-state index in [0.29, 0.717) is 5.95 Å². The highest BCUT2D eigenvalue weighted by Gasteiger charge is 2.14. The van der Waals surface area contributed by atoms with Crippen molar-refractivity contribution in [2.45, 2.75) is 20.3 Å². The van der Waals surface area contributed by atoms with Crippen molar-refractivity contribution in [3.63, 3.8) is 0 Å². The molecule has 0 aliphatic rings. The third kappa shape index (κ3) is 2.94. The lowest BCUT2D eigenvalue weighted by Crippen LogP contribution is -2.08. The van der Waals surface area contributed by atoms with Gasteiger partial charge in [-0.05, 0) is 35.3 Å². The Morgan fingerprint density at radius 3 is 2.74 bits per heavy atom. The van der Waals surface area contributed by atoms with Gasteiger partial charge in [0.2, 0.25) is 5.95 Å². The molecule has 0 saturated heterocycles. The Bertz CT molecular complexity index is 596. The average Bonchev–Trinajstić information content (AvgIpc) is 2.72. The molecule has 1 heterocycles. The number of hydrogen-bond acceptors (Lipinski definition) is 2. The van der Waals surface area contributed by atoms with E-state index in [2.05, 4.69) is 26.2 Å². The van der Waals surface area contributed by atoms with Crippen LogP contribution in [0.25, 0.3) is 5.69 Å². The number of aromatic nitrogens is 2. The van der Waals surface area contributed by atoms with Gasteiger partial charge in [-0.3, -0.25) is 4.57 Å². The molecule has 0 aliphatic heterocycles. The topological polar surface area (TPSA) is 29.9 Å². The Labute approximate surface area is 118 Å². The molecule has 1 N–H and O–H groups in total. The first-order valence-corrected chi connectivity index (χ1v) is 6.77. The molecule has 0 bridgehead atoms. The quantitative estimate of drug-likeness (QED) is 0.858. The minimum absolute atomic E-state index is 0.219. The van der Waals surface area contributed by atoms with Gasteiger partial charge in [-0.2, -0.15) is 0 Å². The van der Waals surface area contributed by atoms with Gasteiger partial charge in [-0.1, -0.05) is 6.92 Å². The fourth-order valence-corrected chi connectivity index (χ4v) is 2.07. The lowest BCUT2D eigenvalue weighted by atomic mass is 10.3. The van der Waals surface area contributed by atoms with Crippen molar-refractivity contribution >= 4 is 21.9 Å². The van der Waals surface area contributed by atoms with Crippen molar-refractivity contribution in [1.29, 1.82) is 0 Å². The highest BCUT2D eigenvalue weighted by Crippen LogP contribution is 2.25. The SMILES string of the molecule is CCCNc1nc(C)cn1-c1cc(Br)c(F)cc1F. The molecular formula is C13H14BrF2N3. The predicted molar refractivity (Wildman–Crippen MR) is 74.7 cm³/mol. The summed E-state index contributed by atoms with van der Waals surface area (Å²) in [6.07, 6.45) is 2.64. The summed E-state index contributed by atoms with van der Waals surface area (Å²) in [5, 5.41) is 3.12. The minimum atomic E-state index is -0.627. The number of aryl methyl sites for hydroxylation is 1. The van der Waals surface area contributed by atoms with Crippen molar-refractivity contribution in [3.8, 4) is 5.69 Å². The molecule has 2 aromatic rings. The summed E-state index contributed by atoms with van der Waals surface area (Å²) in [6.45, 7) is 4.59. The molecule has 0 atom stereocenters. The van der Waals surface area contributed by atoms with Gasteiger partial charge in [0, 0.05) is 18.8 Å². The molecule has 0 fully saturated rings. The van der Waals surface area contributed by atoms with E-state index < -0.39 is 11.6 Å². The zero-order valence-corrected chi connectivity index (χ0v) is 12.3. The predicted octanol–water partition coefficient (Wildman–Crippen LogP) is 4.04. The van der Waals surface area contributed by atoms with Gasteiger partial charge in [-0.25, -0.2) is 13.8 Å². The number of nitrogens with one attached hydrogen (secondary N) is 1.